The lowest BCUT2D eigenvalue weighted by molar-refractivity contribution is -0.155. The molecule has 0 radical (unpaired) electrons. The molecule has 5 heteroatoms. The van der Waals surface area contributed by atoms with Crippen molar-refractivity contribution in [3.8, 4) is 0 Å². The van der Waals surface area contributed by atoms with Crippen molar-refractivity contribution >= 4 is 11.9 Å². The first-order chi connectivity index (χ1) is 11.2. The van der Waals surface area contributed by atoms with Crippen molar-refractivity contribution in [1.29, 1.82) is 0 Å². The van der Waals surface area contributed by atoms with Crippen LogP contribution in [0.25, 0.3) is 0 Å². The molecule has 130 valence electrons. The number of esters is 1. The topological polar surface area (TPSA) is 55.8 Å². The molecule has 5 nitrogen and oxygen atoms in total. The van der Waals surface area contributed by atoms with Crippen molar-refractivity contribution in [2.24, 2.45) is 5.92 Å². The van der Waals surface area contributed by atoms with Gasteiger partial charge in [0.25, 0.3) is 0 Å². The van der Waals surface area contributed by atoms with Gasteiger partial charge >= 0.3 is 5.97 Å². The third-order valence-corrected chi connectivity index (χ3v) is 5.84. The average molecular weight is 323 g/mol. The van der Waals surface area contributed by atoms with E-state index >= 15 is 0 Å². The molecule has 3 fully saturated rings. The highest BCUT2D eigenvalue weighted by Crippen LogP contribution is 2.40. The van der Waals surface area contributed by atoms with Gasteiger partial charge in [0.2, 0.25) is 5.91 Å². The van der Waals surface area contributed by atoms with Crippen LogP contribution in [0.4, 0.5) is 0 Å². The van der Waals surface area contributed by atoms with Crippen molar-refractivity contribution < 1.29 is 19.1 Å². The zero-order valence-corrected chi connectivity index (χ0v) is 14.2. The summed E-state index contributed by atoms with van der Waals surface area (Å²) >= 11 is 0. The Morgan fingerprint density at radius 3 is 2.43 bits per heavy atom. The van der Waals surface area contributed by atoms with Crippen LogP contribution in [-0.2, 0) is 19.1 Å². The van der Waals surface area contributed by atoms with Crippen LogP contribution in [0.1, 0.15) is 64.2 Å². The van der Waals surface area contributed by atoms with Crippen LogP contribution in [0.3, 0.4) is 0 Å². The third-order valence-electron chi connectivity index (χ3n) is 5.84. The fourth-order valence-electron chi connectivity index (χ4n) is 4.66. The summed E-state index contributed by atoms with van der Waals surface area (Å²) in [4.78, 5) is 26.7. The van der Waals surface area contributed by atoms with E-state index in [0.717, 1.165) is 38.5 Å². The first-order valence-electron chi connectivity index (χ1n) is 9.21. The molecule has 0 spiro atoms. The smallest absolute Gasteiger partial charge is 0.328 e. The SMILES string of the molecule is COC(=O)[C@@H]1C[C@H]2CCCC[C@H]2N1C(=O)COC1CCCCC1. The summed E-state index contributed by atoms with van der Waals surface area (Å²) in [5.41, 5.74) is 0. The van der Waals surface area contributed by atoms with Crippen LogP contribution in [0.5, 0.6) is 0 Å². The van der Waals surface area contributed by atoms with Crippen LogP contribution in [0.2, 0.25) is 0 Å². The van der Waals surface area contributed by atoms with Crippen LogP contribution in [0, 0.1) is 5.92 Å². The number of ether oxygens (including phenoxy) is 2. The van der Waals surface area contributed by atoms with E-state index < -0.39 is 6.04 Å². The molecule has 0 aromatic rings. The molecule has 1 aliphatic heterocycles. The van der Waals surface area contributed by atoms with E-state index in [0.29, 0.717) is 5.92 Å². The minimum atomic E-state index is -0.407. The maximum Gasteiger partial charge on any atom is 0.328 e. The second-order valence-corrected chi connectivity index (χ2v) is 7.26. The highest BCUT2D eigenvalue weighted by atomic mass is 16.5. The van der Waals surface area contributed by atoms with Gasteiger partial charge in [0.1, 0.15) is 12.6 Å². The quantitative estimate of drug-likeness (QED) is 0.746. The molecule has 2 aliphatic carbocycles. The predicted octanol–water partition coefficient (Wildman–Crippen LogP) is 2.67. The van der Waals surface area contributed by atoms with Gasteiger partial charge in [-0.2, -0.15) is 0 Å². The lowest BCUT2D eigenvalue weighted by Gasteiger charge is -2.33. The number of fused-ring (bicyclic) bond motifs is 1. The molecule has 3 rings (SSSR count). The second kappa shape index (κ2) is 7.65. The molecule has 0 N–H and O–H groups in total. The Labute approximate surface area is 138 Å². The first-order valence-corrected chi connectivity index (χ1v) is 9.21. The Morgan fingerprint density at radius 1 is 1.00 bits per heavy atom. The Kier molecular flexibility index (Phi) is 5.57. The van der Waals surface area contributed by atoms with E-state index in [4.69, 9.17) is 9.47 Å². The maximum atomic E-state index is 12.8. The molecule has 0 aromatic heterocycles. The summed E-state index contributed by atoms with van der Waals surface area (Å²) in [5.74, 6) is 0.150. The molecule has 3 atom stereocenters. The average Bonchev–Trinajstić information content (AvgIpc) is 2.99. The summed E-state index contributed by atoms with van der Waals surface area (Å²) in [6.07, 6.45) is 11.2. The zero-order chi connectivity index (χ0) is 16.2. The third kappa shape index (κ3) is 3.70. The molecule has 0 aromatic carbocycles. The number of likely N-dealkylation sites (tertiary alicyclic amines) is 1. The molecular weight excluding hydrogens is 294 g/mol. The molecule has 1 amide bonds. The second-order valence-electron chi connectivity index (χ2n) is 7.26. The normalized spacial score (nSPS) is 31.7. The largest absolute Gasteiger partial charge is 0.467 e. The van der Waals surface area contributed by atoms with Gasteiger partial charge in [-0.25, -0.2) is 4.79 Å². The van der Waals surface area contributed by atoms with Crippen LogP contribution < -0.4 is 0 Å². The summed E-state index contributed by atoms with van der Waals surface area (Å²) in [6, 6.07) is -0.203. The summed E-state index contributed by atoms with van der Waals surface area (Å²) in [7, 11) is 1.41. The van der Waals surface area contributed by atoms with Gasteiger partial charge in [0, 0.05) is 6.04 Å². The Balaban J connectivity index is 1.63. The lowest BCUT2D eigenvalue weighted by Crippen LogP contribution is -2.48. The molecule has 3 aliphatic rings. The number of hydrogen-bond acceptors (Lipinski definition) is 4. The number of carbonyl (C=O) groups is 2. The Hall–Kier alpha value is -1.10. The summed E-state index contributed by atoms with van der Waals surface area (Å²) < 4.78 is 10.8. The lowest BCUT2D eigenvalue weighted by atomic mass is 9.85. The number of carbonyl (C=O) groups excluding carboxylic acids is 2. The molecule has 1 heterocycles. The van der Waals surface area contributed by atoms with Gasteiger partial charge in [-0.05, 0) is 38.0 Å². The van der Waals surface area contributed by atoms with Crippen molar-refractivity contribution in [2.45, 2.75) is 82.4 Å². The Morgan fingerprint density at radius 2 is 1.70 bits per heavy atom. The monoisotopic (exact) mass is 323 g/mol. The zero-order valence-electron chi connectivity index (χ0n) is 14.2. The minimum absolute atomic E-state index is 0.0274. The van der Waals surface area contributed by atoms with Gasteiger partial charge in [-0.15, -0.1) is 0 Å². The number of rotatable bonds is 4. The van der Waals surface area contributed by atoms with E-state index in [1.54, 1.807) is 4.90 Å². The number of methoxy groups -OCH3 is 1. The Bertz CT molecular complexity index is 433. The number of nitrogens with zero attached hydrogens (tertiary/aromatic N) is 1. The first kappa shape index (κ1) is 16.7. The number of amides is 1. The minimum Gasteiger partial charge on any atom is -0.467 e. The van der Waals surface area contributed by atoms with E-state index in [-0.39, 0.29) is 30.6 Å². The van der Waals surface area contributed by atoms with Gasteiger partial charge in [0.15, 0.2) is 0 Å². The van der Waals surface area contributed by atoms with Crippen molar-refractivity contribution in [2.75, 3.05) is 13.7 Å². The van der Waals surface area contributed by atoms with Crippen molar-refractivity contribution in [3.05, 3.63) is 0 Å². The standard InChI is InChI=1S/C18H29NO4/c1-22-18(21)16-11-13-7-5-6-10-15(13)19(16)17(20)12-23-14-8-3-2-4-9-14/h13-16H,2-12H2,1H3/t13-,15-,16+/m1/s1. The fraction of sp³-hybridized carbons (Fsp3) is 0.889. The van der Waals surface area contributed by atoms with E-state index in [1.165, 1.54) is 32.8 Å². The van der Waals surface area contributed by atoms with Crippen LogP contribution in [-0.4, -0.2) is 48.7 Å². The summed E-state index contributed by atoms with van der Waals surface area (Å²) in [5, 5.41) is 0. The van der Waals surface area contributed by atoms with Crippen LogP contribution >= 0.6 is 0 Å². The van der Waals surface area contributed by atoms with Gasteiger partial charge < -0.3 is 14.4 Å². The predicted molar refractivity (Wildman–Crippen MR) is 85.8 cm³/mol. The van der Waals surface area contributed by atoms with Gasteiger partial charge in [0.05, 0.1) is 13.2 Å². The van der Waals surface area contributed by atoms with E-state index in [2.05, 4.69) is 0 Å². The molecule has 23 heavy (non-hydrogen) atoms. The van der Waals surface area contributed by atoms with Gasteiger partial charge in [-0.1, -0.05) is 32.1 Å². The summed E-state index contributed by atoms with van der Waals surface area (Å²) in [6.45, 7) is 0.112. The molecule has 2 saturated carbocycles. The maximum absolute atomic E-state index is 12.8. The van der Waals surface area contributed by atoms with Crippen molar-refractivity contribution in [1.82, 2.24) is 4.90 Å². The van der Waals surface area contributed by atoms with Crippen molar-refractivity contribution in [3.63, 3.8) is 0 Å². The highest BCUT2D eigenvalue weighted by Gasteiger charge is 2.47. The molecule has 0 bridgehead atoms. The van der Waals surface area contributed by atoms with E-state index in [1.807, 2.05) is 0 Å². The molecule has 0 unspecified atom stereocenters. The van der Waals surface area contributed by atoms with Gasteiger partial charge in [-0.3, -0.25) is 4.79 Å². The highest BCUT2D eigenvalue weighted by molar-refractivity contribution is 5.86. The molecule has 1 saturated heterocycles. The number of hydrogen-bond donors (Lipinski definition) is 0. The fourth-order valence-corrected chi connectivity index (χ4v) is 4.66. The van der Waals surface area contributed by atoms with Crippen LogP contribution in [0.15, 0.2) is 0 Å². The van der Waals surface area contributed by atoms with E-state index in [9.17, 15) is 9.59 Å². The molecular formula is C18H29NO4.